The van der Waals surface area contributed by atoms with E-state index in [1.807, 2.05) is 6.92 Å². The van der Waals surface area contributed by atoms with Crippen LogP contribution in [0.1, 0.15) is 48.5 Å². The van der Waals surface area contributed by atoms with Gasteiger partial charge < -0.3 is 19.6 Å². The number of ether oxygens (including phenoxy) is 1. The number of carbonyl (C=O) groups excluding carboxylic acids is 1. The van der Waals surface area contributed by atoms with E-state index >= 15 is 0 Å². The first-order valence-corrected chi connectivity index (χ1v) is 12.4. The molecule has 0 fully saturated rings. The van der Waals surface area contributed by atoms with E-state index in [2.05, 4.69) is 51.8 Å². The number of aromatic nitrogens is 1. The highest BCUT2D eigenvalue weighted by Crippen LogP contribution is 2.42. The van der Waals surface area contributed by atoms with Crippen molar-refractivity contribution in [3.05, 3.63) is 23.4 Å². The molecule has 0 radical (unpaired) electrons. The van der Waals surface area contributed by atoms with Gasteiger partial charge in [0, 0.05) is 6.20 Å². The van der Waals surface area contributed by atoms with Gasteiger partial charge in [0.25, 0.3) is 5.91 Å². The van der Waals surface area contributed by atoms with Gasteiger partial charge in [0.05, 0.1) is 24.3 Å². The summed E-state index contributed by atoms with van der Waals surface area (Å²) in [6.07, 6.45) is -0.0882. The van der Waals surface area contributed by atoms with Crippen LogP contribution in [-0.2, 0) is 14.0 Å². The Morgan fingerprint density at radius 1 is 1.11 bits per heavy atom. The van der Waals surface area contributed by atoms with Crippen molar-refractivity contribution in [2.75, 3.05) is 18.5 Å². The van der Waals surface area contributed by atoms with Gasteiger partial charge in [0.1, 0.15) is 5.82 Å². The monoisotopic (exact) mass is 430 g/mol. The van der Waals surface area contributed by atoms with Crippen molar-refractivity contribution in [2.45, 2.75) is 77.3 Å². The van der Waals surface area contributed by atoms with E-state index in [1.165, 1.54) is 6.20 Å². The molecule has 2 unspecified atom stereocenters. The van der Waals surface area contributed by atoms with Crippen LogP contribution >= 0.6 is 11.6 Å². The Morgan fingerprint density at radius 2 is 1.68 bits per heavy atom. The number of pyridine rings is 1. The summed E-state index contributed by atoms with van der Waals surface area (Å²) < 4.78 is 12.1. The number of amides is 1. The van der Waals surface area contributed by atoms with Gasteiger partial charge in [0.2, 0.25) is 0 Å². The lowest BCUT2D eigenvalue weighted by Crippen LogP contribution is -2.49. The predicted octanol–water partition coefficient (Wildman–Crippen LogP) is 4.63. The van der Waals surface area contributed by atoms with E-state index in [4.69, 9.17) is 20.8 Å². The molecule has 0 aliphatic rings. The average molecular weight is 431 g/mol. The summed E-state index contributed by atoms with van der Waals surface area (Å²) in [5.41, 5.74) is 1.47. The van der Waals surface area contributed by atoms with Gasteiger partial charge in [-0.2, -0.15) is 0 Å². The minimum Gasteiger partial charge on any atom is -0.413 e. The molecule has 8 heteroatoms. The molecular formula is C20H35ClN2O4Si. The SMILES string of the molecule is CC(CO[Si](C(C)C)(C(C)C)C(C)C)OCC(O)C(=O)Nc1ccc(Cl)cn1. The molecule has 0 saturated carbocycles. The molecule has 0 saturated heterocycles. The van der Waals surface area contributed by atoms with Crippen molar-refractivity contribution in [1.82, 2.24) is 4.98 Å². The van der Waals surface area contributed by atoms with Crippen molar-refractivity contribution in [3.8, 4) is 0 Å². The molecule has 28 heavy (non-hydrogen) atoms. The molecule has 0 aliphatic carbocycles. The van der Waals surface area contributed by atoms with Crippen LogP contribution in [-0.4, -0.2) is 49.7 Å². The summed E-state index contributed by atoms with van der Waals surface area (Å²) in [7, 11) is -1.96. The number of hydrogen-bond donors (Lipinski definition) is 2. The second-order valence-electron chi connectivity index (χ2n) is 8.14. The molecule has 6 nitrogen and oxygen atoms in total. The fraction of sp³-hybridized carbons (Fsp3) is 0.700. The highest BCUT2D eigenvalue weighted by molar-refractivity contribution is 6.77. The standard InChI is InChI=1S/C20H35ClN2O4Si/c1-13(2)28(14(3)4,15(5)6)27-11-16(7)26-12-18(24)20(25)23-19-9-8-17(21)10-22-19/h8-10,13-16,18,24H,11-12H2,1-7H3,(H,22,23,25). The maximum Gasteiger partial charge on any atom is 0.256 e. The Hall–Kier alpha value is -0.993. The Bertz CT molecular complexity index is 589. The third-order valence-electron chi connectivity index (χ3n) is 5.10. The second-order valence-corrected chi connectivity index (χ2v) is 14.0. The summed E-state index contributed by atoms with van der Waals surface area (Å²) in [6.45, 7) is 15.6. The molecular weight excluding hydrogens is 396 g/mol. The third kappa shape index (κ3) is 6.81. The first-order valence-electron chi connectivity index (χ1n) is 9.86. The smallest absolute Gasteiger partial charge is 0.256 e. The van der Waals surface area contributed by atoms with Crippen LogP contribution in [0.4, 0.5) is 5.82 Å². The Kier molecular flexibility index (Phi) is 10.1. The van der Waals surface area contributed by atoms with Crippen molar-refractivity contribution in [1.29, 1.82) is 0 Å². The lowest BCUT2D eigenvalue weighted by Gasteiger charge is -2.42. The van der Waals surface area contributed by atoms with Crippen LogP contribution in [0.3, 0.4) is 0 Å². The van der Waals surface area contributed by atoms with Crippen molar-refractivity contribution < 1.29 is 19.1 Å². The Morgan fingerprint density at radius 3 is 2.14 bits per heavy atom. The number of aliphatic hydroxyl groups is 1. The van der Waals surface area contributed by atoms with Crippen molar-refractivity contribution in [3.63, 3.8) is 0 Å². The molecule has 2 atom stereocenters. The third-order valence-corrected chi connectivity index (χ3v) is 11.4. The number of anilines is 1. The molecule has 1 amide bonds. The summed E-state index contributed by atoms with van der Waals surface area (Å²) >= 11 is 5.76. The average Bonchev–Trinajstić information content (AvgIpc) is 2.61. The molecule has 1 heterocycles. The zero-order valence-corrected chi connectivity index (χ0v) is 19.8. The van der Waals surface area contributed by atoms with Crippen molar-refractivity contribution >= 4 is 31.6 Å². The Balaban J connectivity index is 2.53. The summed E-state index contributed by atoms with van der Waals surface area (Å²) in [6, 6.07) is 3.18. The predicted molar refractivity (Wildman–Crippen MR) is 116 cm³/mol. The Labute approximate surface area is 175 Å². The number of halogens is 1. The zero-order chi connectivity index (χ0) is 21.5. The van der Waals surface area contributed by atoms with Gasteiger partial charge >= 0.3 is 0 Å². The first-order chi connectivity index (χ1) is 13.0. The van der Waals surface area contributed by atoms with E-state index in [9.17, 15) is 9.90 Å². The van der Waals surface area contributed by atoms with E-state index in [0.717, 1.165) is 0 Å². The largest absolute Gasteiger partial charge is 0.413 e. The van der Waals surface area contributed by atoms with Crippen LogP contribution in [0.15, 0.2) is 18.3 Å². The van der Waals surface area contributed by atoms with E-state index in [1.54, 1.807) is 12.1 Å². The lowest BCUT2D eigenvalue weighted by molar-refractivity contribution is -0.128. The van der Waals surface area contributed by atoms with Crippen LogP contribution < -0.4 is 5.32 Å². The number of carbonyl (C=O) groups is 1. The quantitative estimate of drug-likeness (QED) is 0.500. The number of nitrogens with zero attached hydrogens (tertiary/aromatic N) is 1. The van der Waals surface area contributed by atoms with Crippen LogP contribution in [0.2, 0.25) is 21.6 Å². The molecule has 0 bridgehead atoms. The van der Waals surface area contributed by atoms with Gasteiger partial charge in [-0.25, -0.2) is 4.98 Å². The minimum atomic E-state index is -1.96. The molecule has 1 rings (SSSR count). The molecule has 1 aromatic rings. The molecule has 0 spiro atoms. The number of rotatable bonds is 11. The highest BCUT2D eigenvalue weighted by Gasteiger charge is 2.45. The number of aliphatic hydroxyl groups excluding tert-OH is 1. The first kappa shape index (κ1) is 25.0. The minimum absolute atomic E-state index is 0.108. The fourth-order valence-electron chi connectivity index (χ4n) is 3.80. The zero-order valence-electron chi connectivity index (χ0n) is 18.0. The molecule has 1 aromatic heterocycles. The van der Waals surface area contributed by atoms with Gasteiger partial charge in [-0.1, -0.05) is 53.1 Å². The molecule has 0 aliphatic heterocycles. The second kappa shape index (κ2) is 11.3. The number of nitrogens with one attached hydrogen (secondary N) is 1. The normalized spacial score (nSPS) is 14.6. The molecule has 2 N–H and O–H groups in total. The van der Waals surface area contributed by atoms with Crippen molar-refractivity contribution in [2.24, 2.45) is 0 Å². The fourth-order valence-corrected chi connectivity index (χ4v) is 9.44. The highest BCUT2D eigenvalue weighted by atomic mass is 35.5. The van der Waals surface area contributed by atoms with E-state index < -0.39 is 20.3 Å². The van der Waals surface area contributed by atoms with Crippen LogP contribution in [0.25, 0.3) is 0 Å². The topological polar surface area (TPSA) is 80.7 Å². The van der Waals surface area contributed by atoms with Crippen LogP contribution in [0.5, 0.6) is 0 Å². The van der Waals surface area contributed by atoms with Gasteiger partial charge in [0.15, 0.2) is 14.4 Å². The molecule has 0 aromatic carbocycles. The summed E-state index contributed by atoms with van der Waals surface area (Å²) in [5.74, 6) is -0.246. The van der Waals surface area contributed by atoms with E-state index in [0.29, 0.717) is 34.1 Å². The summed E-state index contributed by atoms with van der Waals surface area (Å²) in [4.78, 5) is 16.0. The lowest BCUT2D eigenvalue weighted by atomic mass is 10.3. The molecule has 160 valence electrons. The van der Waals surface area contributed by atoms with Gasteiger partial charge in [-0.05, 0) is 35.7 Å². The van der Waals surface area contributed by atoms with Gasteiger partial charge in [-0.3, -0.25) is 4.79 Å². The van der Waals surface area contributed by atoms with E-state index in [-0.39, 0.29) is 12.7 Å². The van der Waals surface area contributed by atoms with Gasteiger partial charge in [-0.15, -0.1) is 0 Å². The maximum atomic E-state index is 12.1. The maximum absolute atomic E-state index is 12.1. The number of hydrogen-bond acceptors (Lipinski definition) is 5. The van der Waals surface area contributed by atoms with Crippen LogP contribution in [0, 0.1) is 0 Å². The summed E-state index contributed by atoms with van der Waals surface area (Å²) in [5, 5.41) is 13.1.